The van der Waals surface area contributed by atoms with Crippen LogP contribution >= 0.6 is 0 Å². The molecule has 0 atom stereocenters. The quantitative estimate of drug-likeness (QED) is 0.572. The lowest BCUT2D eigenvalue weighted by Crippen LogP contribution is -2.06. The predicted molar refractivity (Wildman–Crippen MR) is 57.6 cm³/mol. The normalized spacial score (nSPS) is 14.4. The van der Waals surface area contributed by atoms with Crippen molar-refractivity contribution >= 4 is 0 Å². The number of hydrogen-bond acceptors (Lipinski definition) is 0. The van der Waals surface area contributed by atoms with E-state index in [0.717, 1.165) is 18.9 Å². The molecule has 0 aromatic heterocycles. The van der Waals surface area contributed by atoms with Crippen molar-refractivity contribution in [2.24, 2.45) is 5.92 Å². The van der Waals surface area contributed by atoms with Crippen molar-refractivity contribution in [3.05, 3.63) is 23.8 Å². The Balaban J connectivity index is 4.19. The highest BCUT2D eigenvalue weighted by Crippen LogP contribution is 2.18. The van der Waals surface area contributed by atoms with E-state index in [1.165, 1.54) is 0 Å². The summed E-state index contributed by atoms with van der Waals surface area (Å²) in [5.74, 6) is -2.12. The Morgan fingerprint density at radius 1 is 1.36 bits per heavy atom. The molecule has 0 rings (SSSR count). The Hall–Kier alpha value is -0.660. The number of hydrogen-bond donors (Lipinski definition) is 0. The molecule has 0 radical (unpaired) electrons. The van der Waals surface area contributed by atoms with Crippen LogP contribution in [0.5, 0.6) is 0 Å². The van der Waals surface area contributed by atoms with Crippen molar-refractivity contribution in [1.29, 1.82) is 0 Å². The zero-order valence-electron chi connectivity index (χ0n) is 9.48. The second kappa shape index (κ2) is 5.94. The Morgan fingerprint density at radius 2 is 1.93 bits per heavy atom. The zero-order chi connectivity index (χ0) is 11.2. The fourth-order valence-electron chi connectivity index (χ4n) is 1.14. The molecular formula is C12H20F2. The lowest BCUT2D eigenvalue weighted by Gasteiger charge is -2.06. The maximum Gasteiger partial charge on any atom is 0.248 e. The van der Waals surface area contributed by atoms with Crippen molar-refractivity contribution in [3.63, 3.8) is 0 Å². The van der Waals surface area contributed by atoms with Crippen molar-refractivity contribution in [2.45, 2.75) is 46.5 Å². The van der Waals surface area contributed by atoms with E-state index in [-0.39, 0.29) is 6.42 Å². The van der Waals surface area contributed by atoms with Gasteiger partial charge in [0.25, 0.3) is 0 Å². The van der Waals surface area contributed by atoms with Gasteiger partial charge < -0.3 is 0 Å². The van der Waals surface area contributed by atoms with Gasteiger partial charge in [-0.05, 0) is 19.3 Å². The molecule has 0 heterocycles. The Bertz CT molecular complexity index is 207. The molecule has 0 bridgehead atoms. The molecule has 14 heavy (non-hydrogen) atoms. The highest BCUT2D eigenvalue weighted by Gasteiger charge is 2.17. The maximum atomic E-state index is 12.5. The molecule has 82 valence electrons. The molecule has 0 aliphatic rings. The Morgan fingerprint density at radius 3 is 2.29 bits per heavy atom. The third kappa shape index (κ3) is 7.96. The summed E-state index contributed by atoms with van der Waals surface area (Å²) < 4.78 is 24.9. The standard InChI is InChI=1S/C12H20F2/c1-5-11(9-10(2)3)7-6-8-12(4,13)14/h6-7,9-10H,5,8H2,1-4H3/b7-6-,11-9-. The third-order valence-electron chi connectivity index (χ3n) is 1.76. The first-order valence-electron chi connectivity index (χ1n) is 5.10. The molecule has 0 amide bonds. The summed E-state index contributed by atoms with van der Waals surface area (Å²) in [5.41, 5.74) is 1.13. The van der Waals surface area contributed by atoms with E-state index in [4.69, 9.17) is 0 Å². The first-order chi connectivity index (χ1) is 6.35. The summed E-state index contributed by atoms with van der Waals surface area (Å²) in [6.07, 6.45) is 6.17. The van der Waals surface area contributed by atoms with Crippen molar-refractivity contribution < 1.29 is 8.78 Å². The largest absolute Gasteiger partial charge is 0.248 e. The summed E-state index contributed by atoms with van der Waals surface area (Å²) in [4.78, 5) is 0. The van der Waals surface area contributed by atoms with Gasteiger partial charge in [0.15, 0.2) is 0 Å². The van der Waals surface area contributed by atoms with Crippen LogP contribution in [-0.2, 0) is 0 Å². The van der Waals surface area contributed by atoms with Gasteiger partial charge in [-0.25, -0.2) is 8.78 Å². The second-order valence-electron chi connectivity index (χ2n) is 4.02. The monoisotopic (exact) mass is 202 g/mol. The minimum absolute atomic E-state index is 0.178. The first-order valence-corrected chi connectivity index (χ1v) is 5.10. The molecule has 0 aromatic carbocycles. The molecule has 0 aromatic rings. The van der Waals surface area contributed by atoms with Crippen LogP contribution in [0, 0.1) is 5.92 Å². The van der Waals surface area contributed by atoms with E-state index in [0.29, 0.717) is 5.92 Å². The molecule has 0 aliphatic heterocycles. The lowest BCUT2D eigenvalue weighted by atomic mass is 10.1. The van der Waals surface area contributed by atoms with E-state index in [9.17, 15) is 8.78 Å². The second-order valence-corrected chi connectivity index (χ2v) is 4.02. The molecule has 0 saturated carbocycles. The van der Waals surface area contributed by atoms with Crippen LogP contribution in [-0.4, -0.2) is 5.92 Å². The van der Waals surface area contributed by atoms with E-state index < -0.39 is 5.92 Å². The summed E-state index contributed by atoms with van der Waals surface area (Å²) in [6.45, 7) is 7.13. The molecule has 0 nitrogen and oxygen atoms in total. The smallest absolute Gasteiger partial charge is 0.207 e. The molecule has 0 N–H and O–H groups in total. The molecule has 0 saturated heterocycles. The summed E-state index contributed by atoms with van der Waals surface area (Å²) in [5, 5.41) is 0. The van der Waals surface area contributed by atoms with Gasteiger partial charge in [-0.1, -0.05) is 44.6 Å². The third-order valence-corrected chi connectivity index (χ3v) is 1.76. The highest BCUT2D eigenvalue weighted by atomic mass is 19.3. The average molecular weight is 202 g/mol. The van der Waals surface area contributed by atoms with Crippen LogP contribution in [0.25, 0.3) is 0 Å². The topological polar surface area (TPSA) is 0 Å². The predicted octanol–water partition coefficient (Wildman–Crippen LogP) is 4.58. The zero-order valence-corrected chi connectivity index (χ0v) is 9.48. The number of rotatable bonds is 5. The van der Waals surface area contributed by atoms with E-state index >= 15 is 0 Å². The summed E-state index contributed by atoms with van der Waals surface area (Å²) in [7, 11) is 0. The van der Waals surface area contributed by atoms with Crippen LogP contribution < -0.4 is 0 Å². The minimum Gasteiger partial charge on any atom is -0.207 e. The van der Waals surface area contributed by atoms with Crippen LogP contribution in [0.3, 0.4) is 0 Å². The fourth-order valence-corrected chi connectivity index (χ4v) is 1.14. The molecule has 0 unspecified atom stereocenters. The van der Waals surface area contributed by atoms with E-state index in [1.807, 2.05) is 6.92 Å². The van der Waals surface area contributed by atoms with Crippen molar-refractivity contribution in [3.8, 4) is 0 Å². The fraction of sp³-hybridized carbons (Fsp3) is 0.667. The van der Waals surface area contributed by atoms with Gasteiger partial charge in [-0.15, -0.1) is 0 Å². The van der Waals surface area contributed by atoms with Gasteiger partial charge in [-0.3, -0.25) is 0 Å². The molecule has 0 aliphatic carbocycles. The van der Waals surface area contributed by atoms with E-state index in [1.54, 1.807) is 12.2 Å². The Kier molecular flexibility index (Phi) is 5.66. The first kappa shape index (κ1) is 13.3. The van der Waals surface area contributed by atoms with Crippen molar-refractivity contribution in [1.82, 2.24) is 0 Å². The molecule has 2 heteroatoms. The van der Waals surface area contributed by atoms with Gasteiger partial charge in [0, 0.05) is 6.42 Å². The van der Waals surface area contributed by atoms with Crippen molar-refractivity contribution in [2.75, 3.05) is 0 Å². The van der Waals surface area contributed by atoms with Crippen LogP contribution in [0.1, 0.15) is 40.5 Å². The molecule has 0 spiro atoms. The van der Waals surface area contributed by atoms with Crippen LogP contribution in [0.4, 0.5) is 8.78 Å². The van der Waals surface area contributed by atoms with Gasteiger partial charge in [-0.2, -0.15) is 0 Å². The van der Waals surface area contributed by atoms with Gasteiger partial charge in [0.1, 0.15) is 0 Å². The summed E-state index contributed by atoms with van der Waals surface area (Å²) >= 11 is 0. The lowest BCUT2D eigenvalue weighted by molar-refractivity contribution is 0.0255. The van der Waals surface area contributed by atoms with Gasteiger partial charge in [0.05, 0.1) is 0 Å². The minimum atomic E-state index is -2.59. The SMILES string of the molecule is CCC(/C=C\CC(C)(F)F)=C/C(C)C. The maximum absolute atomic E-state index is 12.5. The van der Waals surface area contributed by atoms with Gasteiger partial charge >= 0.3 is 0 Å². The van der Waals surface area contributed by atoms with E-state index in [2.05, 4.69) is 19.9 Å². The average Bonchev–Trinajstić information content (AvgIpc) is 1.99. The molecular weight excluding hydrogens is 182 g/mol. The summed E-state index contributed by atoms with van der Waals surface area (Å²) in [6, 6.07) is 0. The highest BCUT2D eigenvalue weighted by molar-refractivity contribution is 5.18. The number of allylic oxidation sites excluding steroid dienone is 4. The van der Waals surface area contributed by atoms with Crippen LogP contribution in [0.2, 0.25) is 0 Å². The molecule has 0 fully saturated rings. The van der Waals surface area contributed by atoms with Gasteiger partial charge in [0.2, 0.25) is 5.92 Å². The number of halogens is 2. The Labute approximate surface area is 85.7 Å². The number of alkyl halides is 2. The van der Waals surface area contributed by atoms with Crippen LogP contribution in [0.15, 0.2) is 23.8 Å².